The Bertz CT molecular complexity index is 3230. The van der Waals surface area contributed by atoms with Crippen LogP contribution in [0.5, 0.6) is 0 Å². The zero-order chi connectivity index (χ0) is 50.4. The average Bonchev–Trinajstić information content (AvgIpc) is 3.43. The first-order chi connectivity index (χ1) is 36.2. The number of hydrogen-bond donors (Lipinski definition) is 0. The van der Waals surface area contributed by atoms with Crippen LogP contribution in [0.4, 0.5) is 0 Å². The molecule has 12 nitrogen and oxygen atoms in total. The number of aryl methyl sites for hydroxylation is 4. The predicted molar refractivity (Wildman–Crippen MR) is 292 cm³/mol. The SMILES string of the molecule is Cc1ccc(-c2ccc(CN(Cc3ccc(-c4ccc(C)cn4)nc3)Cc3ccc4ccc5ccc(CN(Cc6ccc(-c7ccc(C)cn7)nc6)Cc6ccc(-c7ccc(C)cn7)nc6)nc5c4n3)cn2)nc1. The lowest BCUT2D eigenvalue weighted by Crippen LogP contribution is -2.23. The second-order valence-electron chi connectivity index (χ2n) is 19.2. The molecule has 0 saturated heterocycles. The average molecular weight is 967 g/mol. The van der Waals surface area contributed by atoms with Crippen molar-refractivity contribution in [3.05, 3.63) is 239 Å². The molecule has 0 spiro atoms. The monoisotopic (exact) mass is 966 g/mol. The Morgan fingerprint density at radius 1 is 0.257 bits per heavy atom. The van der Waals surface area contributed by atoms with Crippen molar-refractivity contribution < 1.29 is 0 Å². The highest BCUT2D eigenvalue weighted by Crippen LogP contribution is 2.27. The number of benzene rings is 1. The molecule has 0 saturated carbocycles. The molecule has 0 N–H and O–H groups in total. The Labute approximate surface area is 431 Å². The van der Waals surface area contributed by atoms with E-state index in [-0.39, 0.29) is 0 Å². The number of rotatable bonds is 16. The van der Waals surface area contributed by atoms with Crippen LogP contribution in [0.1, 0.15) is 55.9 Å². The second kappa shape index (κ2) is 21.5. The van der Waals surface area contributed by atoms with E-state index in [0.29, 0.717) is 39.3 Å². The van der Waals surface area contributed by atoms with E-state index in [9.17, 15) is 0 Å². The molecule has 0 aliphatic carbocycles. The predicted octanol–water partition coefficient (Wildman–Crippen LogP) is 12.2. The lowest BCUT2D eigenvalue weighted by molar-refractivity contribution is 0.244. The molecule has 0 aliphatic rings. The topological polar surface area (TPSA) is 135 Å². The van der Waals surface area contributed by atoms with E-state index in [1.165, 1.54) is 0 Å². The molecule has 0 amide bonds. The van der Waals surface area contributed by atoms with Crippen LogP contribution in [0.2, 0.25) is 0 Å². The Morgan fingerprint density at radius 3 is 0.730 bits per heavy atom. The van der Waals surface area contributed by atoms with Crippen molar-refractivity contribution in [3.8, 4) is 45.6 Å². The minimum Gasteiger partial charge on any atom is -0.289 e. The van der Waals surface area contributed by atoms with E-state index >= 15 is 0 Å². The number of hydrogen-bond acceptors (Lipinski definition) is 12. The number of fused-ring (bicyclic) bond motifs is 3. The highest BCUT2D eigenvalue weighted by molar-refractivity contribution is 6.02. The maximum absolute atomic E-state index is 5.39. The zero-order valence-electron chi connectivity index (χ0n) is 41.9. The van der Waals surface area contributed by atoms with E-state index in [0.717, 1.165) is 123 Å². The van der Waals surface area contributed by atoms with Gasteiger partial charge in [0.1, 0.15) is 0 Å². The summed E-state index contributed by atoms with van der Waals surface area (Å²) in [6.07, 6.45) is 15.3. The number of aromatic nitrogens is 10. The van der Waals surface area contributed by atoms with Crippen molar-refractivity contribution in [3.63, 3.8) is 0 Å². The largest absolute Gasteiger partial charge is 0.289 e. The summed E-state index contributed by atoms with van der Waals surface area (Å²) < 4.78 is 0. The Balaban J connectivity index is 0.877. The van der Waals surface area contributed by atoms with Gasteiger partial charge in [-0.1, -0.05) is 72.8 Å². The summed E-state index contributed by atoms with van der Waals surface area (Å²) in [4.78, 5) is 53.3. The molecule has 0 bridgehead atoms. The van der Waals surface area contributed by atoms with Gasteiger partial charge < -0.3 is 0 Å². The molecule has 0 fully saturated rings. The maximum Gasteiger partial charge on any atom is 0.0968 e. The molecule has 0 radical (unpaired) electrons. The molecular weight excluding hydrogens is 913 g/mol. The zero-order valence-corrected chi connectivity index (χ0v) is 41.9. The van der Waals surface area contributed by atoms with E-state index in [4.69, 9.17) is 29.9 Å². The van der Waals surface area contributed by atoms with Gasteiger partial charge in [0.15, 0.2) is 0 Å². The fourth-order valence-corrected chi connectivity index (χ4v) is 9.01. The number of nitrogens with zero attached hydrogens (tertiary/aromatic N) is 12. The molecule has 11 aromatic rings. The summed E-state index contributed by atoms with van der Waals surface area (Å²) in [7, 11) is 0. The summed E-state index contributed by atoms with van der Waals surface area (Å²) in [5, 5.41) is 2.07. The molecule has 10 heterocycles. The van der Waals surface area contributed by atoms with Crippen LogP contribution in [-0.4, -0.2) is 59.6 Å². The first kappa shape index (κ1) is 47.5. The van der Waals surface area contributed by atoms with E-state index < -0.39 is 0 Å². The van der Waals surface area contributed by atoms with Crippen molar-refractivity contribution in [1.82, 2.24) is 59.6 Å². The van der Waals surface area contributed by atoms with Gasteiger partial charge in [-0.05, 0) is 133 Å². The quantitative estimate of drug-likeness (QED) is 0.0853. The van der Waals surface area contributed by atoms with Crippen LogP contribution in [0.3, 0.4) is 0 Å². The molecule has 11 rings (SSSR count). The van der Waals surface area contributed by atoms with Crippen molar-refractivity contribution in [2.75, 3.05) is 0 Å². The molecule has 10 aromatic heterocycles. The Kier molecular flexibility index (Phi) is 13.8. The molecule has 1 aromatic carbocycles. The van der Waals surface area contributed by atoms with Crippen LogP contribution < -0.4 is 0 Å². The normalized spacial score (nSPS) is 11.5. The van der Waals surface area contributed by atoms with Gasteiger partial charge in [0.25, 0.3) is 0 Å². The molecular formula is C62H54N12. The smallest absolute Gasteiger partial charge is 0.0968 e. The highest BCUT2D eigenvalue weighted by Gasteiger charge is 2.16. The van der Waals surface area contributed by atoms with Gasteiger partial charge >= 0.3 is 0 Å². The molecule has 0 aliphatic heterocycles. The van der Waals surface area contributed by atoms with E-state index in [2.05, 4.69) is 139 Å². The van der Waals surface area contributed by atoms with Crippen LogP contribution in [-0.2, 0) is 39.3 Å². The third kappa shape index (κ3) is 11.4. The lowest BCUT2D eigenvalue weighted by Gasteiger charge is -2.23. The number of pyridine rings is 10. The van der Waals surface area contributed by atoms with Gasteiger partial charge in [-0.15, -0.1) is 0 Å². The Hall–Kier alpha value is -8.84. The molecule has 0 atom stereocenters. The van der Waals surface area contributed by atoms with Crippen molar-refractivity contribution in [2.45, 2.75) is 67.0 Å². The second-order valence-corrected chi connectivity index (χ2v) is 19.2. The van der Waals surface area contributed by atoms with Crippen molar-refractivity contribution in [2.24, 2.45) is 0 Å². The van der Waals surface area contributed by atoms with Crippen LogP contribution in [0.15, 0.2) is 183 Å². The van der Waals surface area contributed by atoms with Crippen LogP contribution in [0, 0.1) is 27.7 Å². The third-order valence-corrected chi connectivity index (χ3v) is 13.0. The summed E-state index contributed by atoms with van der Waals surface area (Å²) in [5.41, 5.74) is 19.2. The molecule has 362 valence electrons. The maximum atomic E-state index is 5.39. The highest BCUT2D eigenvalue weighted by atomic mass is 15.1. The third-order valence-electron chi connectivity index (χ3n) is 13.0. The van der Waals surface area contributed by atoms with Gasteiger partial charge in [-0.25, -0.2) is 9.97 Å². The van der Waals surface area contributed by atoms with Gasteiger partial charge in [-0.3, -0.25) is 49.7 Å². The van der Waals surface area contributed by atoms with Crippen LogP contribution in [0.25, 0.3) is 67.4 Å². The summed E-state index contributed by atoms with van der Waals surface area (Å²) in [6.45, 7) is 11.9. The summed E-state index contributed by atoms with van der Waals surface area (Å²) in [5.74, 6) is 0. The minimum atomic E-state index is 0.585. The molecule has 12 heteroatoms. The lowest BCUT2D eigenvalue weighted by atomic mass is 10.1. The molecule has 0 unspecified atom stereocenters. The van der Waals surface area contributed by atoms with Gasteiger partial charge in [0, 0.05) is 99.6 Å². The Morgan fingerprint density at radius 2 is 0.500 bits per heavy atom. The molecule has 74 heavy (non-hydrogen) atoms. The van der Waals surface area contributed by atoms with Gasteiger partial charge in [0.2, 0.25) is 0 Å². The van der Waals surface area contributed by atoms with Crippen LogP contribution >= 0.6 is 0 Å². The van der Waals surface area contributed by atoms with Gasteiger partial charge in [0.05, 0.1) is 68.0 Å². The van der Waals surface area contributed by atoms with Crippen molar-refractivity contribution >= 4 is 21.8 Å². The first-order valence-electron chi connectivity index (χ1n) is 24.8. The van der Waals surface area contributed by atoms with E-state index in [1.54, 1.807) is 0 Å². The van der Waals surface area contributed by atoms with E-state index in [1.807, 2.05) is 102 Å². The summed E-state index contributed by atoms with van der Waals surface area (Å²) in [6, 6.07) is 45.9. The van der Waals surface area contributed by atoms with Crippen molar-refractivity contribution in [1.29, 1.82) is 0 Å². The standard InChI is InChI=1S/C62H54N12/c1-41-5-19-53(63-27-41)57-23-9-45(31-67-57)35-73(36-46-10-24-58(68-32-46)54-20-6-42(2)28-64-54)39-51-17-15-49-13-14-50-16-18-52(72-62(50)61(49)71-51)40-74(37-47-11-25-59(69-33-47)55-21-7-43(3)29-65-55)38-48-12-26-60(70-34-48)56-22-8-44(4)30-66-56/h5-34H,35-40H2,1-4H3. The summed E-state index contributed by atoms with van der Waals surface area (Å²) >= 11 is 0. The minimum absolute atomic E-state index is 0.585. The fraction of sp³-hybridized carbons (Fsp3) is 0.161. The van der Waals surface area contributed by atoms with Gasteiger partial charge in [-0.2, -0.15) is 0 Å². The first-order valence-corrected chi connectivity index (χ1v) is 24.8. The fourth-order valence-electron chi connectivity index (χ4n) is 9.01.